The monoisotopic (exact) mass is 198 g/mol. The predicted molar refractivity (Wildman–Crippen MR) is 57.9 cm³/mol. The van der Waals surface area contributed by atoms with Gasteiger partial charge in [0.1, 0.15) is 0 Å². The number of rotatable bonds is 3. The van der Waals surface area contributed by atoms with Gasteiger partial charge in [0.05, 0.1) is 0 Å². The Kier molecular flexibility index (Phi) is 3.93. The van der Waals surface area contributed by atoms with Crippen LogP contribution in [0.5, 0.6) is 0 Å². The van der Waals surface area contributed by atoms with Crippen LogP contribution in [0.25, 0.3) is 0 Å². The molecular weight excluding hydrogens is 176 g/mol. The van der Waals surface area contributed by atoms with Crippen molar-refractivity contribution in [1.29, 1.82) is 0 Å². The molecule has 0 radical (unpaired) electrons. The molecule has 0 atom stereocenters. The van der Waals surface area contributed by atoms with Gasteiger partial charge in [0.15, 0.2) is 0 Å². The second-order valence-corrected chi connectivity index (χ2v) is 4.94. The van der Waals surface area contributed by atoms with Crippen LogP contribution in [0.2, 0.25) is 0 Å². The van der Waals surface area contributed by atoms with E-state index in [1.54, 1.807) is 0 Å². The minimum atomic E-state index is 0.309. The summed E-state index contributed by atoms with van der Waals surface area (Å²) in [7, 11) is 0. The SMILES string of the molecule is CC1(C)CCC(=O)N(CCCN)CC1. The molecule has 0 bridgehead atoms. The lowest BCUT2D eigenvalue weighted by Crippen LogP contribution is -2.32. The van der Waals surface area contributed by atoms with Gasteiger partial charge in [-0.25, -0.2) is 0 Å². The molecule has 0 saturated carbocycles. The molecule has 14 heavy (non-hydrogen) atoms. The van der Waals surface area contributed by atoms with Crippen LogP contribution < -0.4 is 5.73 Å². The Hall–Kier alpha value is -0.570. The van der Waals surface area contributed by atoms with E-state index in [4.69, 9.17) is 5.73 Å². The van der Waals surface area contributed by atoms with Crippen molar-refractivity contribution in [1.82, 2.24) is 4.90 Å². The topological polar surface area (TPSA) is 46.3 Å². The van der Waals surface area contributed by atoms with Gasteiger partial charge in [-0.3, -0.25) is 4.79 Å². The zero-order valence-electron chi connectivity index (χ0n) is 9.38. The first-order valence-electron chi connectivity index (χ1n) is 5.53. The molecule has 0 spiro atoms. The summed E-state index contributed by atoms with van der Waals surface area (Å²) in [5.41, 5.74) is 5.77. The Bertz CT molecular complexity index is 201. The van der Waals surface area contributed by atoms with E-state index in [1.807, 2.05) is 4.90 Å². The largest absolute Gasteiger partial charge is 0.343 e. The van der Waals surface area contributed by atoms with Crippen LogP contribution in [0, 0.1) is 5.41 Å². The van der Waals surface area contributed by atoms with E-state index in [0.717, 1.165) is 32.4 Å². The summed E-state index contributed by atoms with van der Waals surface area (Å²) in [6.45, 7) is 6.91. The van der Waals surface area contributed by atoms with Crippen molar-refractivity contribution < 1.29 is 4.79 Å². The van der Waals surface area contributed by atoms with Crippen molar-refractivity contribution in [2.45, 2.75) is 39.5 Å². The maximum absolute atomic E-state index is 11.7. The molecule has 1 fully saturated rings. The summed E-state index contributed by atoms with van der Waals surface area (Å²) < 4.78 is 0. The molecule has 1 saturated heterocycles. The van der Waals surface area contributed by atoms with Crippen LogP contribution in [-0.4, -0.2) is 30.4 Å². The van der Waals surface area contributed by atoms with Crippen molar-refractivity contribution in [2.75, 3.05) is 19.6 Å². The van der Waals surface area contributed by atoms with E-state index < -0.39 is 0 Å². The third-order valence-corrected chi connectivity index (χ3v) is 3.06. The van der Waals surface area contributed by atoms with Gasteiger partial charge in [-0.15, -0.1) is 0 Å². The Morgan fingerprint density at radius 3 is 2.79 bits per heavy atom. The Labute approximate surface area is 86.6 Å². The lowest BCUT2D eigenvalue weighted by Gasteiger charge is -2.23. The summed E-state index contributed by atoms with van der Waals surface area (Å²) in [5.74, 6) is 0.309. The highest BCUT2D eigenvalue weighted by Gasteiger charge is 2.26. The molecule has 0 aromatic heterocycles. The molecule has 1 aliphatic rings. The minimum Gasteiger partial charge on any atom is -0.343 e. The predicted octanol–water partition coefficient (Wildman–Crippen LogP) is 1.37. The van der Waals surface area contributed by atoms with Crippen molar-refractivity contribution in [2.24, 2.45) is 11.1 Å². The second kappa shape index (κ2) is 4.78. The average Bonchev–Trinajstić information content (AvgIpc) is 2.25. The lowest BCUT2D eigenvalue weighted by atomic mass is 9.85. The van der Waals surface area contributed by atoms with Crippen LogP contribution in [0.15, 0.2) is 0 Å². The average molecular weight is 198 g/mol. The maximum atomic E-state index is 11.7. The summed E-state index contributed by atoms with van der Waals surface area (Å²) in [6, 6.07) is 0. The first-order chi connectivity index (χ1) is 6.55. The van der Waals surface area contributed by atoms with E-state index in [9.17, 15) is 4.79 Å². The fourth-order valence-corrected chi connectivity index (χ4v) is 1.81. The maximum Gasteiger partial charge on any atom is 0.222 e. The number of hydrogen-bond acceptors (Lipinski definition) is 2. The van der Waals surface area contributed by atoms with E-state index in [2.05, 4.69) is 13.8 Å². The highest BCUT2D eigenvalue weighted by molar-refractivity contribution is 5.76. The van der Waals surface area contributed by atoms with Gasteiger partial charge in [0.2, 0.25) is 5.91 Å². The van der Waals surface area contributed by atoms with E-state index in [-0.39, 0.29) is 0 Å². The van der Waals surface area contributed by atoms with Crippen LogP contribution in [0.3, 0.4) is 0 Å². The molecule has 1 rings (SSSR count). The highest BCUT2D eigenvalue weighted by atomic mass is 16.2. The van der Waals surface area contributed by atoms with Gasteiger partial charge >= 0.3 is 0 Å². The molecular formula is C11H22N2O. The van der Waals surface area contributed by atoms with E-state index in [0.29, 0.717) is 24.3 Å². The molecule has 0 unspecified atom stereocenters. The smallest absolute Gasteiger partial charge is 0.222 e. The number of nitrogens with zero attached hydrogens (tertiary/aromatic N) is 1. The second-order valence-electron chi connectivity index (χ2n) is 4.94. The number of amides is 1. The van der Waals surface area contributed by atoms with E-state index in [1.165, 1.54) is 0 Å². The lowest BCUT2D eigenvalue weighted by molar-refractivity contribution is -0.130. The van der Waals surface area contributed by atoms with Crippen molar-refractivity contribution in [3.05, 3.63) is 0 Å². The van der Waals surface area contributed by atoms with Crippen LogP contribution in [0.4, 0.5) is 0 Å². The first kappa shape index (κ1) is 11.5. The number of nitrogens with two attached hydrogens (primary N) is 1. The fourth-order valence-electron chi connectivity index (χ4n) is 1.81. The Morgan fingerprint density at radius 2 is 2.14 bits per heavy atom. The Morgan fingerprint density at radius 1 is 1.43 bits per heavy atom. The summed E-state index contributed by atoms with van der Waals surface area (Å²) in [5, 5.41) is 0. The van der Waals surface area contributed by atoms with Gasteiger partial charge in [0.25, 0.3) is 0 Å². The molecule has 3 heteroatoms. The van der Waals surface area contributed by atoms with Crippen LogP contribution in [-0.2, 0) is 4.79 Å². The van der Waals surface area contributed by atoms with E-state index >= 15 is 0 Å². The summed E-state index contributed by atoms with van der Waals surface area (Å²) >= 11 is 0. The van der Waals surface area contributed by atoms with Crippen LogP contribution >= 0.6 is 0 Å². The molecule has 0 aliphatic carbocycles. The van der Waals surface area contributed by atoms with Crippen LogP contribution in [0.1, 0.15) is 39.5 Å². The fraction of sp³-hybridized carbons (Fsp3) is 0.909. The standard InChI is InChI=1S/C11H22N2O/c1-11(2)5-4-10(14)13(9-6-11)8-3-7-12/h3-9,12H2,1-2H3. The Balaban J connectivity index is 2.47. The molecule has 82 valence electrons. The quantitative estimate of drug-likeness (QED) is 0.744. The number of carbonyl (C=O) groups is 1. The third kappa shape index (κ3) is 3.29. The summed E-state index contributed by atoms with van der Waals surface area (Å²) in [4.78, 5) is 13.7. The molecule has 0 aromatic rings. The van der Waals surface area contributed by atoms with Crippen molar-refractivity contribution >= 4 is 5.91 Å². The molecule has 1 heterocycles. The zero-order valence-corrected chi connectivity index (χ0v) is 9.38. The molecule has 1 amide bonds. The zero-order chi connectivity index (χ0) is 10.6. The van der Waals surface area contributed by atoms with Gasteiger partial charge in [-0.1, -0.05) is 13.8 Å². The van der Waals surface area contributed by atoms with Gasteiger partial charge in [-0.2, -0.15) is 0 Å². The molecule has 2 N–H and O–H groups in total. The normalized spacial score (nSPS) is 22.2. The molecule has 1 aliphatic heterocycles. The van der Waals surface area contributed by atoms with Gasteiger partial charge < -0.3 is 10.6 Å². The van der Waals surface area contributed by atoms with Crippen molar-refractivity contribution in [3.8, 4) is 0 Å². The van der Waals surface area contributed by atoms with Gasteiger partial charge in [-0.05, 0) is 31.2 Å². The van der Waals surface area contributed by atoms with Gasteiger partial charge in [0, 0.05) is 19.5 Å². The number of hydrogen-bond donors (Lipinski definition) is 1. The number of likely N-dealkylation sites (tertiary alicyclic amines) is 1. The molecule has 3 nitrogen and oxygen atoms in total. The minimum absolute atomic E-state index is 0.309. The van der Waals surface area contributed by atoms with Crippen molar-refractivity contribution in [3.63, 3.8) is 0 Å². The molecule has 0 aromatic carbocycles. The third-order valence-electron chi connectivity index (χ3n) is 3.06. The summed E-state index contributed by atoms with van der Waals surface area (Å²) in [6.07, 6.45) is 3.76. The highest BCUT2D eigenvalue weighted by Crippen LogP contribution is 2.30. The number of carbonyl (C=O) groups excluding carboxylic acids is 1. The first-order valence-corrected chi connectivity index (χ1v) is 5.53.